The van der Waals surface area contributed by atoms with Gasteiger partial charge >= 0.3 is 0 Å². The number of hydrogen-bond donors (Lipinski definition) is 1. The normalized spacial score (nSPS) is 13.5. The average molecular weight is 385 g/mol. The van der Waals surface area contributed by atoms with Crippen molar-refractivity contribution in [2.24, 2.45) is 0 Å². The lowest BCUT2D eigenvalue weighted by Crippen LogP contribution is -2.61. The molecular weight excluding hydrogens is 356 g/mol. The van der Waals surface area contributed by atoms with E-state index in [1.807, 2.05) is 36.4 Å². The van der Waals surface area contributed by atoms with Crippen LogP contribution >= 0.6 is 0 Å². The molecule has 3 aromatic carbocycles. The summed E-state index contributed by atoms with van der Waals surface area (Å²) in [5.41, 5.74) is 1.13. The van der Waals surface area contributed by atoms with Gasteiger partial charge in [0.25, 0.3) is 0 Å². The molecule has 0 unspecified atom stereocenters. The molecule has 28 heavy (non-hydrogen) atoms. The summed E-state index contributed by atoms with van der Waals surface area (Å²) in [4.78, 5) is 0. The minimum absolute atomic E-state index is 0.172. The third kappa shape index (κ3) is 4.09. The Morgan fingerprint density at radius 2 is 1.21 bits per heavy atom. The van der Waals surface area contributed by atoms with Crippen molar-refractivity contribution in [3.05, 3.63) is 122 Å². The van der Waals surface area contributed by atoms with Crippen LogP contribution < -0.4 is 10.4 Å². The predicted molar refractivity (Wildman–Crippen MR) is 123 cm³/mol. The van der Waals surface area contributed by atoms with Crippen LogP contribution in [0.25, 0.3) is 0 Å². The monoisotopic (exact) mass is 384 g/mol. The first-order valence-electron chi connectivity index (χ1n) is 9.80. The lowest BCUT2D eigenvalue weighted by molar-refractivity contribution is 0.168. The van der Waals surface area contributed by atoms with Crippen LogP contribution in [0.1, 0.15) is 18.1 Å². The standard InChI is InChI=1S/C26H28OSi/c1-3-20-28(24-16-10-6-11-17-24,25-18-12-7-13-19-25)23(4-2)21-26(27)22-14-8-5-9-15-22/h3-19,23,26-27H,1-2,20-21H2/t23-,26-/m1/s1. The van der Waals surface area contributed by atoms with Gasteiger partial charge in [0.2, 0.25) is 0 Å². The quantitative estimate of drug-likeness (QED) is 0.401. The molecule has 0 heterocycles. The summed E-state index contributed by atoms with van der Waals surface area (Å²) in [6.45, 7) is 8.28. The first kappa shape index (κ1) is 20.1. The fraction of sp³-hybridized carbons (Fsp3) is 0.154. The van der Waals surface area contributed by atoms with Crippen LogP contribution in [-0.4, -0.2) is 13.2 Å². The first-order valence-corrected chi connectivity index (χ1v) is 12.1. The van der Waals surface area contributed by atoms with Gasteiger partial charge in [-0.1, -0.05) is 114 Å². The summed E-state index contributed by atoms with van der Waals surface area (Å²) in [5.74, 6) is 0. The fourth-order valence-electron chi connectivity index (χ4n) is 4.23. The summed E-state index contributed by atoms with van der Waals surface area (Å²) in [5, 5.41) is 13.7. The van der Waals surface area contributed by atoms with Gasteiger partial charge in [0.15, 0.2) is 0 Å². The maximum atomic E-state index is 11.0. The third-order valence-electron chi connectivity index (χ3n) is 5.62. The van der Waals surface area contributed by atoms with E-state index in [1.54, 1.807) is 0 Å². The van der Waals surface area contributed by atoms with E-state index >= 15 is 0 Å². The van der Waals surface area contributed by atoms with Crippen LogP contribution in [0.15, 0.2) is 116 Å². The van der Waals surface area contributed by atoms with Crippen molar-refractivity contribution in [1.82, 2.24) is 0 Å². The number of aliphatic hydroxyl groups excluding tert-OH is 1. The van der Waals surface area contributed by atoms with E-state index in [0.717, 1.165) is 11.6 Å². The van der Waals surface area contributed by atoms with E-state index in [0.29, 0.717) is 6.42 Å². The summed E-state index contributed by atoms with van der Waals surface area (Å²) in [6, 6.07) is 32.3. The highest BCUT2D eigenvalue weighted by molar-refractivity contribution is 7.03. The van der Waals surface area contributed by atoms with Crippen LogP contribution in [0.4, 0.5) is 0 Å². The molecule has 0 amide bonds. The molecule has 0 radical (unpaired) electrons. The molecule has 0 fully saturated rings. The zero-order valence-corrected chi connectivity index (χ0v) is 17.2. The minimum Gasteiger partial charge on any atom is -0.388 e. The molecule has 142 valence electrons. The van der Waals surface area contributed by atoms with E-state index in [2.05, 4.69) is 79.9 Å². The molecule has 2 heteroatoms. The number of aliphatic hydroxyl groups is 1. The van der Waals surface area contributed by atoms with E-state index in [-0.39, 0.29) is 5.54 Å². The zero-order chi connectivity index (χ0) is 19.8. The molecule has 0 aromatic heterocycles. The Hall–Kier alpha value is -2.68. The molecule has 0 bridgehead atoms. The molecule has 1 nitrogen and oxygen atoms in total. The minimum atomic E-state index is -2.27. The van der Waals surface area contributed by atoms with Crippen LogP contribution in [0, 0.1) is 0 Å². The van der Waals surface area contributed by atoms with Gasteiger partial charge in [-0.2, -0.15) is 0 Å². The van der Waals surface area contributed by atoms with Gasteiger partial charge in [0.1, 0.15) is 8.07 Å². The Kier molecular flexibility index (Phi) is 6.80. The molecule has 0 saturated heterocycles. The van der Waals surface area contributed by atoms with E-state index < -0.39 is 14.2 Å². The molecule has 0 saturated carbocycles. The largest absolute Gasteiger partial charge is 0.388 e. The molecule has 0 aliphatic heterocycles. The van der Waals surface area contributed by atoms with Crippen molar-refractivity contribution in [1.29, 1.82) is 0 Å². The van der Waals surface area contributed by atoms with E-state index in [1.165, 1.54) is 10.4 Å². The molecule has 1 N–H and O–H groups in total. The molecule has 3 rings (SSSR count). The third-order valence-corrected chi connectivity index (χ3v) is 11.0. The lowest BCUT2D eigenvalue weighted by atomic mass is 10.0. The van der Waals surface area contributed by atoms with Gasteiger partial charge in [-0.25, -0.2) is 0 Å². The number of allylic oxidation sites excluding steroid dienone is 2. The lowest BCUT2D eigenvalue weighted by Gasteiger charge is -2.39. The van der Waals surface area contributed by atoms with E-state index in [9.17, 15) is 5.11 Å². The van der Waals surface area contributed by atoms with Crippen LogP contribution in [0.2, 0.25) is 11.6 Å². The second-order valence-corrected chi connectivity index (χ2v) is 11.4. The SMILES string of the molecule is C=CC[Si](c1ccccc1)(c1ccccc1)[C@H](C=C)C[C@@H](O)c1ccccc1. The van der Waals surface area contributed by atoms with Crippen molar-refractivity contribution in [3.8, 4) is 0 Å². The second-order valence-electron chi connectivity index (χ2n) is 7.20. The highest BCUT2D eigenvalue weighted by atomic mass is 28.3. The van der Waals surface area contributed by atoms with Crippen molar-refractivity contribution < 1.29 is 5.11 Å². The Labute approximate surface area is 169 Å². The summed E-state index contributed by atoms with van der Waals surface area (Å²) < 4.78 is 0. The van der Waals surface area contributed by atoms with E-state index in [4.69, 9.17) is 0 Å². The zero-order valence-electron chi connectivity index (χ0n) is 16.2. The highest BCUT2D eigenvalue weighted by Gasteiger charge is 2.42. The fourth-order valence-corrected chi connectivity index (χ4v) is 9.25. The topological polar surface area (TPSA) is 20.2 Å². The summed E-state index contributed by atoms with van der Waals surface area (Å²) in [7, 11) is -2.27. The van der Waals surface area contributed by atoms with Crippen molar-refractivity contribution in [2.45, 2.75) is 24.1 Å². The van der Waals surface area contributed by atoms with Crippen LogP contribution in [0.3, 0.4) is 0 Å². The molecule has 3 aromatic rings. The number of hydrogen-bond acceptors (Lipinski definition) is 1. The van der Waals surface area contributed by atoms with Gasteiger partial charge < -0.3 is 5.11 Å². The van der Waals surface area contributed by atoms with Crippen molar-refractivity contribution in [2.75, 3.05) is 0 Å². The molecule has 0 aliphatic carbocycles. The Balaban J connectivity index is 2.10. The van der Waals surface area contributed by atoms with Gasteiger partial charge in [0.05, 0.1) is 6.10 Å². The molecule has 0 spiro atoms. The maximum absolute atomic E-state index is 11.0. The molecular formula is C26H28OSi. The van der Waals surface area contributed by atoms with Crippen LogP contribution in [0.5, 0.6) is 0 Å². The summed E-state index contributed by atoms with van der Waals surface area (Å²) in [6.07, 6.45) is 4.23. The Morgan fingerprint density at radius 1 is 0.750 bits per heavy atom. The van der Waals surface area contributed by atoms with Crippen molar-refractivity contribution in [3.63, 3.8) is 0 Å². The van der Waals surface area contributed by atoms with Gasteiger partial charge in [0, 0.05) is 0 Å². The first-order chi connectivity index (χ1) is 13.7. The predicted octanol–water partition coefficient (Wildman–Crippen LogP) is 5.12. The molecule has 0 aliphatic rings. The number of rotatable bonds is 9. The maximum Gasteiger partial charge on any atom is 0.128 e. The Morgan fingerprint density at radius 3 is 1.64 bits per heavy atom. The van der Waals surface area contributed by atoms with Crippen LogP contribution in [-0.2, 0) is 0 Å². The molecule has 2 atom stereocenters. The van der Waals surface area contributed by atoms with Gasteiger partial charge in [-0.3, -0.25) is 0 Å². The number of benzene rings is 3. The summed E-state index contributed by atoms with van der Waals surface area (Å²) >= 11 is 0. The average Bonchev–Trinajstić information content (AvgIpc) is 2.77. The Bertz CT molecular complexity index is 835. The van der Waals surface area contributed by atoms with Gasteiger partial charge in [-0.05, 0) is 23.6 Å². The highest BCUT2D eigenvalue weighted by Crippen LogP contribution is 2.35. The van der Waals surface area contributed by atoms with Crippen molar-refractivity contribution >= 4 is 18.4 Å². The van der Waals surface area contributed by atoms with Gasteiger partial charge in [-0.15, -0.1) is 13.2 Å². The second kappa shape index (κ2) is 9.49. The smallest absolute Gasteiger partial charge is 0.128 e.